The smallest absolute Gasteiger partial charge is 0.223 e. The van der Waals surface area contributed by atoms with Crippen molar-refractivity contribution in [2.75, 3.05) is 5.32 Å². The lowest BCUT2D eigenvalue weighted by molar-refractivity contribution is 0.126. The Balaban J connectivity index is 1.57. The molecule has 0 saturated heterocycles. The van der Waals surface area contributed by atoms with Gasteiger partial charge in [-0.1, -0.05) is 27.7 Å². The van der Waals surface area contributed by atoms with Gasteiger partial charge < -0.3 is 14.9 Å². The molecule has 0 atom stereocenters. The maximum atomic E-state index is 9.66. The number of aromatic nitrogens is 3. The molecule has 2 saturated carbocycles. The average Bonchev–Trinajstić information content (AvgIpc) is 3.32. The zero-order valence-electron chi connectivity index (χ0n) is 14.1. The zero-order valence-corrected chi connectivity index (χ0v) is 16.3. The second-order valence-electron chi connectivity index (χ2n) is 7.17. The summed E-state index contributed by atoms with van der Waals surface area (Å²) in [5.41, 5.74) is 4.05. The molecule has 0 aromatic carbocycles. The lowest BCUT2D eigenvalue weighted by atomic mass is 9.93. The molecule has 0 radical (unpaired) electrons. The van der Waals surface area contributed by atoms with Crippen LogP contribution in [0, 0.1) is 5.92 Å². The molecule has 2 aromatic rings. The van der Waals surface area contributed by atoms with Crippen LogP contribution in [0.15, 0.2) is 17.0 Å². The Morgan fingerprint density at radius 1 is 1.20 bits per heavy atom. The van der Waals surface area contributed by atoms with Gasteiger partial charge >= 0.3 is 0 Å². The maximum absolute atomic E-state index is 9.66. The summed E-state index contributed by atoms with van der Waals surface area (Å²) in [7, 11) is 0. The fourth-order valence-corrected chi connectivity index (χ4v) is 3.96. The van der Waals surface area contributed by atoms with E-state index in [0.717, 1.165) is 65.0 Å². The first-order valence-corrected chi connectivity index (χ1v) is 10.6. The summed E-state index contributed by atoms with van der Waals surface area (Å²) < 4.78 is 6.11. The minimum absolute atomic E-state index is 0.155. The lowest BCUT2D eigenvalue weighted by Gasteiger charge is -2.26. The van der Waals surface area contributed by atoms with Crippen molar-refractivity contribution in [1.29, 1.82) is 0 Å². The summed E-state index contributed by atoms with van der Waals surface area (Å²) in [6.07, 6.45) is 10.6. The summed E-state index contributed by atoms with van der Waals surface area (Å²) in [6.45, 7) is 0. The molecule has 6 nitrogen and oxygen atoms in total. The predicted molar refractivity (Wildman–Crippen MR) is 104 cm³/mol. The van der Waals surface area contributed by atoms with Crippen molar-refractivity contribution in [3.8, 4) is 11.3 Å². The van der Waals surface area contributed by atoms with Crippen molar-refractivity contribution >= 4 is 28.5 Å². The molecule has 2 heterocycles. The molecule has 25 heavy (non-hydrogen) atoms. The van der Waals surface area contributed by atoms with Gasteiger partial charge in [-0.3, -0.25) is 0 Å². The maximum Gasteiger partial charge on any atom is 0.223 e. The Hall–Kier alpha value is -1.22. The molecule has 2 N–H and O–H groups in total. The van der Waals surface area contributed by atoms with Crippen LogP contribution >= 0.6 is 22.6 Å². The van der Waals surface area contributed by atoms with E-state index < -0.39 is 0 Å². The van der Waals surface area contributed by atoms with Gasteiger partial charge in [-0.25, -0.2) is 9.97 Å². The lowest BCUT2D eigenvalue weighted by Crippen LogP contribution is -2.29. The molecule has 2 aliphatic carbocycles. The van der Waals surface area contributed by atoms with Crippen molar-refractivity contribution < 1.29 is 9.63 Å². The van der Waals surface area contributed by atoms with Gasteiger partial charge in [0.25, 0.3) is 0 Å². The number of hydrogen-bond donors (Lipinski definition) is 2. The third kappa shape index (κ3) is 4.13. The van der Waals surface area contributed by atoms with Crippen molar-refractivity contribution in [3.63, 3.8) is 0 Å². The first-order chi connectivity index (χ1) is 12.2. The molecule has 134 valence electrons. The monoisotopic (exact) mass is 454 g/mol. The van der Waals surface area contributed by atoms with E-state index in [-0.39, 0.29) is 6.10 Å². The Bertz CT molecular complexity index is 724. The molecule has 2 aromatic heterocycles. The highest BCUT2D eigenvalue weighted by atomic mass is 127. The number of nitrogens with zero attached hydrogens (tertiary/aromatic N) is 3. The molecule has 7 heteroatoms. The topological polar surface area (TPSA) is 84.1 Å². The minimum atomic E-state index is -0.155. The molecule has 0 amide bonds. The summed E-state index contributed by atoms with van der Waals surface area (Å²) in [5.74, 6) is 1.41. The van der Waals surface area contributed by atoms with Crippen molar-refractivity contribution in [2.45, 2.75) is 61.5 Å². The van der Waals surface area contributed by atoms with Crippen molar-refractivity contribution in [2.24, 2.45) is 5.92 Å². The Kier molecular flexibility index (Phi) is 5.21. The summed E-state index contributed by atoms with van der Waals surface area (Å²) in [4.78, 5) is 9.29. The molecule has 2 aliphatic rings. The Morgan fingerprint density at radius 3 is 2.72 bits per heavy atom. The predicted octanol–water partition coefficient (Wildman–Crippen LogP) is 3.73. The van der Waals surface area contributed by atoms with E-state index in [0.29, 0.717) is 12.0 Å². The number of aliphatic hydroxyl groups is 1. The quantitative estimate of drug-likeness (QED) is 0.511. The number of anilines is 1. The largest absolute Gasteiger partial charge is 0.393 e. The van der Waals surface area contributed by atoms with Crippen LogP contribution in [0.4, 0.5) is 5.95 Å². The third-order valence-electron chi connectivity index (χ3n) is 5.12. The Labute approximate surface area is 161 Å². The number of halogens is 1. The number of nitrogens with one attached hydrogen (secondary N) is 1. The van der Waals surface area contributed by atoms with Crippen molar-refractivity contribution in [1.82, 2.24) is 15.1 Å². The SMILES string of the molecule is OC1CCC(Nc2ncc(CI)c(-c3conc3CC3CC3)n2)CC1. The van der Waals surface area contributed by atoms with Gasteiger partial charge in [-0.05, 0) is 50.9 Å². The van der Waals surface area contributed by atoms with E-state index in [1.54, 1.807) is 6.26 Å². The number of rotatable bonds is 6. The zero-order chi connectivity index (χ0) is 17.2. The van der Waals surface area contributed by atoms with Crippen LogP contribution in [-0.4, -0.2) is 32.4 Å². The van der Waals surface area contributed by atoms with Gasteiger partial charge in [0.15, 0.2) is 0 Å². The van der Waals surface area contributed by atoms with Gasteiger partial charge in [0.05, 0.1) is 23.1 Å². The standard InChI is InChI=1S/C18H23IN4O2/c19-8-12-9-20-18(21-13-3-5-14(24)6-4-13)22-17(12)15-10-25-23-16(15)7-11-1-2-11/h9-11,13-14,24H,1-8H2,(H,20,21,22). The highest BCUT2D eigenvalue weighted by Crippen LogP contribution is 2.36. The van der Waals surface area contributed by atoms with E-state index in [1.807, 2.05) is 6.20 Å². The van der Waals surface area contributed by atoms with Gasteiger partial charge in [-0.15, -0.1) is 0 Å². The van der Waals surface area contributed by atoms with Gasteiger partial charge in [0.2, 0.25) is 5.95 Å². The normalized spacial score (nSPS) is 23.6. The molecule has 0 unspecified atom stereocenters. The molecule has 0 bridgehead atoms. The van der Waals surface area contributed by atoms with Crippen LogP contribution in [0.25, 0.3) is 11.3 Å². The first-order valence-electron chi connectivity index (χ1n) is 9.03. The third-order valence-corrected chi connectivity index (χ3v) is 5.94. The fraction of sp³-hybridized carbons (Fsp3) is 0.611. The van der Waals surface area contributed by atoms with Gasteiger partial charge in [0, 0.05) is 22.2 Å². The Morgan fingerprint density at radius 2 is 2.00 bits per heavy atom. The highest BCUT2D eigenvalue weighted by Gasteiger charge is 2.26. The minimum Gasteiger partial charge on any atom is -0.393 e. The summed E-state index contributed by atoms with van der Waals surface area (Å²) in [5, 5.41) is 17.3. The number of alkyl halides is 1. The molecule has 4 rings (SSSR count). The molecule has 2 fully saturated rings. The van der Waals surface area contributed by atoms with Crippen LogP contribution in [0.3, 0.4) is 0 Å². The average molecular weight is 454 g/mol. The number of aliphatic hydroxyl groups excluding tert-OH is 1. The molecule has 0 aliphatic heterocycles. The molecular formula is C18H23IN4O2. The highest BCUT2D eigenvalue weighted by molar-refractivity contribution is 14.1. The summed E-state index contributed by atoms with van der Waals surface area (Å²) in [6, 6.07) is 0.329. The van der Waals surface area contributed by atoms with Crippen LogP contribution in [0.5, 0.6) is 0 Å². The van der Waals surface area contributed by atoms with E-state index in [4.69, 9.17) is 9.51 Å². The molecular weight excluding hydrogens is 431 g/mol. The van der Waals surface area contributed by atoms with Gasteiger partial charge in [-0.2, -0.15) is 0 Å². The van der Waals surface area contributed by atoms with E-state index in [1.165, 1.54) is 12.8 Å². The summed E-state index contributed by atoms with van der Waals surface area (Å²) >= 11 is 2.34. The van der Waals surface area contributed by atoms with Crippen LogP contribution in [0.1, 0.15) is 49.8 Å². The van der Waals surface area contributed by atoms with Crippen LogP contribution in [0.2, 0.25) is 0 Å². The second-order valence-corrected chi connectivity index (χ2v) is 7.94. The van der Waals surface area contributed by atoms with Gasteiger partial charge in [0.1, 0.15) is 6.26 Å². The fourth-order valence-electron chi connectivity index (χ4n) is 3.41. The van der Waals surface area contributed by atoms with E-state index >= 15 is 0 Å². The second kappa shape index (κ2) is 7.57. The van der Waals surface area contributed by atoms with E-state index in [2.05, 4.69) is 38.0 Å². The van der Waals surface area contributed by atoms with Crippen LogP contribution < -0.4 is 5.32 Å². The number of hydrogen-bond acceptors (Lipinski definition) is 6. The van der Waals surface area contributed by atoms with E-state index in [9.17, 15) is 5.11 Å². The van der Waals surface area contributed by atoms with Crippen LogP contribution in [-0.2, 0) is 10.8 Å². The van der Waals surface area contributed by atoms with Crippen molar-refractivity contribution in [3.05, 3.63) is 23.7 Å². The molecule has 0 spiro atoms. The first kappa shape index (κ1) is 17.2.